The minimum Gasteiger partial charge on any atom is -0.378 e. The van der Waals surface area contributed by atoms with E-state index in [-0.39, 0.29) is 17.8 Å². The molecule has 0 aromatic carbocycles. The SMILES string of the molecule is FC(F)COCCNc1nc(Cl)nc(N2CCOCC2)n1. The van der Waals surface area contributed by atoms with Gasteiger partial charge in [-0.1, -0.05) is 0 Å². The minimum absolute atomic E-state index is 0.0718. The van der Waals surface area contributed by atoms with Crippen LogP contribution < -0.4 is 10.2 Å². The number of halogens is 3. The Bertz CT molecular complexity index is 449. The Balaban J connectivity index is 1.86. The summed E-state index contributed by atoms with van der Waals surface area (Å²) in [4.78, 5) is 14.2. The Morgan fingerprint density at radius 1 is 1.29 bits per heavy atom. The van der Waals surface area contributed by atoms with Gasteiger partial charge < -0.3 is 19.7 Å². The molecule has 10 heteroatoms. The largest absolute Gasteiger partial charge is 0.378 e. The third-order valence-electron chi connectivity index (χ3n) is 2.66. The Morgan fingerprint density at radius 2 is 2.05 bits per heavy atom. The van der Waals surface area contributed by atoms with Gasteiger partial charge in [0.15, 0.2) is 0 Å². The number of ether oxygens (including phenoxy) is 2. The minimum atomic E-state index is -2.47. The van der Waals surface area contributed by atoms with Gasteiger partial charge in [-0.25, -0.2) is 8.78 Å². The van der Waals surface area contributed by atoms with E-state index in [1.54, 1.807) is 0 Å². The van der Waals surface area contributed by atoms with Gasteiger partial charge in [0.25, 0.3) is 6.43 Å². The first-order chi connectivity index (χ1) is 10.1. The average molecular weight is 324 g/mol. The molecule has 1 N–H and O–H groups in total. The highest BCUT2D eigenvalue weighted by atomic mass is 35.5. The highest BCUT2D eigenvalue weighted by Crippen LogP contribution is 2.14. The zero-order chi connectivity index (χ0) is 15.1. The second-order valence-electron chi connectivity index (χ2n) is 4.22. The van der Waals surface area contributed by atoms with Crippen LogP contribution in [0, 0.1) is 0 Å². The zero-order valence-corrected chi connectivity index (χ0v) is 12.0. The lowest BCUT2D eigenvalue weighted by molar-refractivity contribution is 0.0214. The summed E-state index contributed by atoms with van der Waals surface area (Å²) in [6, 6.07) is 0. The van der Waals surface area contributed by atoms with Gasteiger partial charge in [-0.3, -0.25) is 0 Å². The summed E-state index contributed by atoms with van der Waals surface area (Å²) >= 11 is 5.86. The number of hydrogen-bond acceptors (Lipinski definition) is 7. The third kappa shape index (κ3) is 5.52. The number of rotatable bonds is 7. The van der Waals surface area contributed by atoms with E-state index in [4.69, 9.17) is 21.1 Å². The van der Waals surface area contributed by atoms with Crippen LogP contribution in [0.5, 0.6) is 0 Å². The van der Waals surface area contributed by atoms with Gasteiger partial charge in [0.1, 0.15) is 6.61 Å². The number of nitrogens with zero attached hydrogens (tertiary/aromatic N) is 4. The molecular weight excluding hydrogens is 308 g/mol. The van der Waals surface area contributed by atoms with Crippen molar-refractivity contribution < 1.29 is 18.3 Å². The smallest absolute Gasteiger partial charge is 0.261 e. The van der Waals surface area contributed by atoms with Crippen LogP contribution in [0.25, 0.3) is 0 Å². The van der Waals surface area contributed by atoms with E-state index in [0.29, 0.717) is 38.8 Å². The Labute approximate surface area is 125 Å². The fraction of sp³-hybridized carbons (Fsp3) is 0.727. The van der Waals surface area contributed by atoms with E-state index < -0.39 is 13.0 Å². The van der Waals surface area contributed by atoms with E-state index in [1.165, 1.54) is 0 Å². The zero-order valence-electron chi connectivity index (χ0n) is 11.3. The maximum absolute atomic E-state index is 11.9. The maximum atomic E-state index is 11.9. The molecule has 1 fully saturated rings. The van der Waals surface area contributed by atoms with Gasteiger partial charge in [0, 0.05) is 19.6 Å². The summed E-state index contributed by atoms with van der Waals surface area (Å²) in [5.41, 5.74) is 0. The van der Waals surface area contributed by atoms with Crippen LogP contribution >= 0.6 is 11.6 Å². The molecule has 1 aliphatic heterocycles. The first-order valence-electron chi connectivity index (χ1n) is 6.49. The van der Waals surface area contributed by atoms with E-state index in [0.717, 1.165) is 0 Å². The molecule has 0 radical (unpaired) electrons. The lowest BCUT2D eigenvalue weighted by atomic mass is 10.4. The van der Waals surface area contributed by atoms with E-state index in [1.807, 2.05) is 4.90 Å². The fourth-order valence-corrected chi connectivity index (χ4v) is 1.89. The lowest BCUT2D eigenvalue weighted by Crippen LogP contribution is -2.37. The molecule has 1 aromatic heterocycles. The molecule has 0 unspecified atom stereocenters. The summed E-state index contributed by atoms with van der Waals surface area (Å²) in [6.07, 6.45) is -2.47. The standard InChI is InChI=1S/C11H16ClF2N5O2/c12-9-16-10(15-1-4-21-7-8(13)14)18-11(17-9)19-2-5-20-6-3-19/h8H,1-7H2,(H,15,16,17,18). The van der Waals surface area contributed by atoms with Gasteiger partial charge in [-0.15, -0.1) is 0 Å². The number of nitrogens with one attached hydrogen (secondary N) is 1. The molecule has 0 aliphatic carbocycles. The Morgan fingerprint density at radius 3 is 2.76 bits per heavy atom. The van der Waals surface area contributed by atoms with Crippen LogP contribution in [-0.2, 0) is 9.47 Å². The summed E-state index contributed by atoms with van der Waals surface area (Å²) in [5, 5.41) is 2.94. The Hall–Kier alpha value is -1.32. The van der Waals surface area contributed by atoms with E-state index in [9.17, 15) is 8.78 Å². The highest BCUT2D eigenvalue weighted by molar-refractivity contribution is 6.28. The van der Waals surface area contributed by atoms with Crippen LogP contribution in [0.1, 0.15) is 0 Å². The van der Waals surface area contributed by atoms with E-state index >= 15 is 0 Å². The van der Waals surface area contributed by atoms with Crippen molar-refractivity contribution in [1.82, 2.24) is 15.0 Å². The van der Waals surface area contributed by atoms with Crippen molar-refractivity contribution in [3.8, 4) is 0 Å². The first-order valence-corrected chi connectivity index (χ1v) is 6.87. The van der Waals surface area contributed by atoms with Gasteiger partial charge in [-0.05, 0) is 11.6 Å². The second kappa shape index (κ2) is 8.20. The van der Waals surface area contributed by atoms with Crippen molar-refractivity contribution in [2.24, 2.45) is 0 Å². The molecule has 1 aromatic rings. The van der Waals surface area contributed by atoms with Gasteiger partial charge in [0.2, 0.25) is 17.2 Å². The molecule has 118 valence electrons. The molecule has 0 saturated carbocycles. The first kappa shape index (κ1) is 16.1. The van der Waals surface area contributed by atoms with Crippen LogP contribution in [0.2, 0.25) is 5.28 Å². The van der Waals surface area contributed by atoms with Crippen LogP contribution in [0.15, 0.2) is 0 Å². The maximum Gasteiger partial charge on any atom is 0.261 e. The van der Waals surface area contributed by atoms with Crippen molar-refractivity contribution >= 4 is 23.5 Å². The van der Waals surface area contributed by atoms with Crippen molar-refractivity contribution in [2.75, 3.05) is 56.3 Å². The Kier molecular flexibility index (Phi) is 6.27. The van der Waals surface area contributed by atoms with E-state index in [2.05, 4.69) is 20.3 Å². The van der Waals surface area contributed by atoms with Crippen LogP contribution in [0.3, 0.4) is 0 Å². The monoisotopic (exact) mass is 323 g/mol. The summed E-state index contributed by atoms with van der Waals surface area (Å²) < 4.78 is 33.8. The molecule has 2 rings (SSSR count). The van der Waals surface area contributed by atoms with Crippen molar-refractivity contribution in [1.29, 1.82) is 0 Å². The van der Waals surface area contributed by atoms with Crippen LogP contribution in [-0.4, -0.2) is 67.4 Å². The van der Waals surface area contributed by atoms with Crippen LogP contribution in [0.4, 0.5) is 20.7 Å². The molecule has 0 spiro atoms. The number of morpholine rings is 1. The molecule has 0 amide bonds. The predicted molar refractivity (Wildman–Crippen MR) is 73.2 cm³/mol. The molecule has 7 nitrogen and oxygen atoms in total. The molecule has 1 aliphatic rings. The lowest BCUT2D eigenvalue weighted by Gasteiger charge is -2.26. The molecule has 21 heavy (non-hydrogen) atoms. The molecule has 0 bridgehead atoms. The third-order valence-corrected chi connectivity index (χ3v) is 2.83. The molecule has 2 heterocycles. The quantitative estimate of drug-likeness (QED) is 0.752. The predicted octanol–water partition coefficient (Wildman–Crippen LogP) is 1.06. The van der Waals surface area contributed by atoms with Gasteiger partial charge in [-0.2, -0.15) is 15.0 Å². The number of anilines is 2. The highest BCUT2D eigenvalue weighted by Gasteiger charge is 2.15. The molecular formula is C11H16ClF2N5O2. The summed E-state index contributed by atoms with van der Waals surface area (Å²) in [7, 11) is 0. The molecule has 1 saturated heterocycles. The normalized spacial score (nSPS) is 15.5. The van der Waals surface area contributed by atoms with Crippen molar-refractivity contribution in [3.63, 3.8) is 0 Å². The number of alkyl halides is 2. The second-order valence-corrected chi connectivity index (χ2v) is 4.56. The van der Waals surface area contributed by atoms with Gasteiger partial charge >= 0.3 is 0 Å². The van der Waals surface area contributed by atoms with Gasteiger partial charge in [0.05, 0.1) is 19.8 Å². The average Bonchev–Trinajstić information content (AvgIpc) is 2.47. The summed E-state index contributed by atoms with van der Waals surface area (Å²) in [6.45, 7) is 2.41. The van der Waals surface area contributed by atoms with Crippen molar-refractivity contribution in [2.45, 2.75) is 6.43 Å². The fourth-order valence-electron chi connectivity index (χ4n) is 1.73. The topological polar surface area (TPSA) is 72.4 Å². The molecule has 0 atom stereocenters. The van der Waals surface area contributed by atoms with Crippen molar-refractivity contribution in [3.05, 3.63) is 5.28 Å². The number of hydrogen-bond donors (Lipinski definition) is 1. The summed E-state index contributed by atoms with van der Waals surface area (Å²) in [5.74, 6) is 0.756. The number of aromatic nitrogens is 3.